The molecule has 0 radical (unpaired) electrons. The van der Waals surface area contributed by atoms with Gasteiger partial charge in [-0.3, -0.25) is 0 Å². The van der Waals surface area contributed by atoms with Crippen LogP contribution < -0.4 is 0 Å². The second kappa shape index (κ2) is 7.36. The van der Waals surface area contributed by atoms with E-state index in [9.17, 15) is 0 Å². The van der Waals surface area contributed by atoms with Gasteiger partial charge in [0.15, 0.2) is 0 Å². The summed E-state index contributed by atoms with van der Waals surface area (Å²) in [7, 11) is 5.75. The number of ether oxygens (including phenoxy) is 1. The van der Waals surface area contributed by atoms with E-state index in [-0.39, 0.29) is 6.10 Å². The first kappa shape index (κ1) is 15.7. The van der Waals surface area contributed by atoms with E-state index in [0.717, 1.165) is 6.54 Å². The molecule has 112 valence electrons. The van der Waals surface area contributed by atoms with Crippen molar-refractivity contribution >= 4 is 0 Å². The fourth-order valence-corrected chi connectivity index (χ4v) is 2.12. The second-order valence-corrected chi connectivity index (χ2v) is 5.55. The van der Waals surface area contributed by atoms with Gasteiger partial charge in [-0.25, -0.2) is 4.84 Å². The monoisotopic (exact) mass is 286 g/mol. The van der Waals surface area contributed by atoms with Crippen LogP contribution in [0.2, 0.25) is 0 Å². The highest BCUT2D eigenvalue weighted by atomic mass is 16.7. The summed E-state index contributed by atoms with van der Waals surface area (Å²) in [6, 6.07) is 20.7. The number of benzene rings is 2. The van der Waals surface area contributed by atoms with Gasteiger partial charge in [0.1, 0.15) is 12.6 Å². The Morgan fingerprint density at radius 2 is 1.33 bits per heavy atom. The minimum absolute atomic E-state index is 0.0377. The molecule has 0 saturated carbocycles. The van der Waals surface area contributed by atoms with Crippen molar-refractivity contribution in [2.75, 3.05) is 34.4 Å². The molecular weight excluding hydrogens is 262 g/mol. The van der Waals surface area contributed by atoms with Gasteiger partial charge in [-0.15, -0.1) is 0 Å². The molecule has 2 aromatic carbocycles. The summed E-state index contributed by atoms with van der Waals surface area (Å²) in [5.41, 5.74) is 2.35. The zero-order chi connectivity index (χ0) is 15.1. The predicted octanol–water partition coefficient (Wildman–Crippen LogP) is 3.43. The van der Waals surface area contributed by atoms with E-state index < -0.39 is 0 Å². The van der Waals surface area contributed by atoms with Crippen LogP contribution in [0.4, 0.5) is 0 Å². The Morgan fingerprint density at radius 3 is 1.76 bits per heavy atom. The molecule has 0 aromatic heterocycles. The summed E-state index contributed by atoms with van der Waals surface area (Å²) in [5.74, 6) is 0. The molecule has 0 bridgehead atoms. The normalized spacial score (nSPS) is 11.8. The van der Waals surface area contributed by atoms with Gasteiger partial charge in [-0.05, 0) is 11.1 Å². The minimum atomic E-state index is -0.0377. The van der Waals surface area contributed by atoms with E-state index in [0.29, 0.717) is 11.3 Å². The van der Waals surface area contributed by atoms with Crippen LogP contribution in [-0.4, -0.2) is 39.0 Å². The topological polar surface area (TPSA) is 18.5 Å². The molecule has 3 nitrogen and oxygen atoms in total. The molecule has 0 aliphatic rings. The number of hydrogen-bond acceptors (Lipinski definition) is 2. The number of likely N-dealkylation sites (N-methyl/N-ethyl adjacent to an activating group) is 1. The average Bonchev–Trinajstić information content (AvgIpc) is 2.53. The molecule has 2 aromatic rings. The van der Waals surface area contributed by atoms with Gasteiger partial charge in [-0.2, -0.15) is 4.65 Å². The lowest BCUT2D eigenvalue weighted by molar-refractivity contribution is -1.07. The summed E-state index contributed by atoms with van der Waals surface area (Å²) in [4.78, 5) is 5.39. The van der Waals surface area contributed by atoms with Crippen LogP contribution in [0, 0.1) is 0 Å². The van der Waals surface area contributed by atoms with Crippen molar-refractivity contribution in [2.45, 2.75) is 6.10 Å². The van der Waals surface area contributed by atoms with E-state index in [1.807, 2.05) is 50.5 Å². The van der Waals surface area contributed by atoms with Crippen molar-refractivity contribution < 1.29 is 14.2 Å². The van der Waals surface area contributed by atoms with Crippen LogP contribution in [0.15, 0.2) is 60.7 Å². The Balaban J connectivity index is 2.11. The summed E-state index contributed by atoms with van der Waals surface area (Å²) in [6.07, 6.45) is -0.0377. The lowest BCUT2D eigenvalue weighted by Crippen LogP contribution is -2.41. The van der Waals surface area contributed by atoms with Gasteiger partial charge >= 0.3 is 0 Å². The molecule has 0 N–H and O–H groups in total. The maximum Gasteiger partial charge on any atom is 0.132 e. The molecule has 0 fully saturated rings. The highest BCUT2D eigenvalue weighted by Gasteiger charge is 2.18. The van der Waals surface area contributed by atoms with Crippen LogP contribution >= 0.6 is 0 Å². The number of hydrogen-bond donors (Lipinski definition) is 0. The summed E-state index contributed by atoms with van der Waals surface area (Å²) in [6.45, 7) is 1.43. The molecule has 0 aliphatic heterocycles. The molecule has 0 aliphatic carbocycles. The van der Waals surface area contributed by atoms with Crippen LogP contribution in [0.3, 0.4) is 0 Å². The molecule has 2 rings (SSSR count). The van der Waals surface area contributed by atoms with Crippen molar-refractivity contribution in [3.63, 3.8) is 0 Å². The quantitative estimate of drug-likeness (QED) is 0.573. The number of nitrogens with zero attached hydrogens (tertiary/aromatic N) is 1. The molecule has 21 heavy (non-hydrogen) atoms. The molecular formula is C18H24NO2+. The molecule has 0 amide bonds. The first-order valence-corrected chi connectivity index (χ1v) is 7.22. The standard InChI is InChI=1S/C18H24NO2/c1-19(2,20-3)14-15-21-18(16-10-6-4-7-11-16)17-12-8-5-9-13-17/h4-13,18H,14-15H2,1-3H3/q+1. The van der Waals surface area contributed by atoms with E-state index in [1.54, 1.807) is 7.11 Å². The third-order valence-corrected chi connectivity index (χ3v) is 3.61. The van der Waals surface area contributed by atoms with E-state index >= 15 is 0 Å². The highest BCUT2D eigenvalue weighted by molar-refractivity contribution is 5.29. The lowest BCUT2D eigenvalue weighted by atomic mass is 10.0. The van der Waals surface area contributed by atoms with Crippen molar-refractivity contribution in [3.8, 4) is 0 Å². The van der Waals surface area contributed by atoms with Gasteiger partial charge < -0.3 is 4.74 Å². The van der Waals surface area contributed by atoms with Crippen molar-refractivity contribution in [2.24, 2.45) is 0 Å². The van der Waals surface area contributed by atoms with Gasteiger partial charge in [0.25, 0.3) is 0 Å². The Labute approximate surface area is 127 Å². The Morgan fingerprint density at radius 1 is 0.857 bits per heavy atom. The van der Waals surface area contributed by atoms with Crippen LogP contribution in [0.25, 0.3) is 0 Å². The fourth-order valence-electron chi connectivity index (χ4n) is 2.12. The summed E-state index contributed by atoms with van der Waals surface area (Å²) < 4.78 is 6.64. The molecule has 0 spiro atoms. The average molecular weight is 286 g/mol. The van der Waals surface area contributed by atoms with Crippen molar-refractivity contribution in [3.05, 3.63) is 71.8 Å². The second-order valence-electron chi connectivity index (χ2n) is 5.55. The lowest BCUT2D eigenvalue weighted by Gasteiger charge is -2.26. The van der Waals surface area contributed by atoms with Gasteiger partial charge in [0, 0.05) is 0 Å². The molecule has 0 saturated heterocycles. The Bertz CT molecular complexity index is 486. The zero-order valence-electron chi connectivity index (χ0n) is 13.0. The molecule has 3 heteroatoms. The predicted molar refractivity (Wildman–Crippen MR) is 84.7 cm³/mol. The van der Waals surface area contributed by atoms with Gasteiger partial charge in [-0.1, -0.05) is 60.7 Å². The summed E-state index contributed by atoms with van der Waals surface area (Å²) >= 11 is 0. The Hall–Kier alpha value is -1.68. The van der Waals surface area contributed by atoms with Gasteiger partial charge in [0.05, 0.1) is 27.8 Å². The Kier molecular flexibility index (Phi) is 5.51. The highest BCUT2D eigenvalue weighted by Crippen LogP contribution is 2.25. The largest absolute Gasteiger partial charge is 0.363 e. The first-order chi connectivity index (χ1) is 10.1. The third kappa shape index (κ3) is 4.67. The van der Waals surface area contributed by atoms with Crippen molar-refractivity contribution in [1.29, 1.82) is 0 Å². The molecule has 0 atom stereocenters. The van der Waals surface area contributed by atoms with Gasteiger partial charge in [0.2, 0.25) is 0 Å². The number of quaternary nitrogens is 1. The van der Waals surface area contributed by atoms with E-state index in [1.165, 1.54) is 11.1 Å². The first-order valence-electron chi connectivity index (χ1n) is 7.22. The zero-order valence-corrected chi connectivity index (χ0v) is 13.0. The summed E-state index contributed by atoms with van der Waals surface area (Å²) in [5, 5.41) is 0. The maximum atomic E-state index is 6.16. The fraction of sp³-hybridized carbons (Fsp3) is 0.333. The maximum absolute atomic E-state index is 6.16. The van der Waals surface area contributed by atoms with E-state index in [4.69, 9.17) is 9.57 Å². The molecule has 0 heterocycles. The SMILES string of the molecule is CO[N+](C)(C)CCOC(c1ccccc1)c1ccccc1. The smallest absolute Gasteiger partial charge is 0.132 e. The van der Waals surface area contributed by atoms with Crippen LogP contribution in [0.5, 0.6) is 0 Å². The van der Waals surface area contributed by atoms with Crippen LogP contribution in [0.1, 0.15) is 17.2 Å². The minimum Gasteiger partial charge on any atom is -0.363 e. The van der Waals surface area contributed by atoms with Crippen molar-refractivity contribution in [1.82, 2.24) is 0 Å². The third-order valence-electron chi connectivity index (χ3n) is 3.61. The molecule has 0 unspecified atom stereocenters. The number of rotatable bonds is 7. The number of hydroxylamine groups is 3. The van der Waals surface area contributed by atoms with E-state index in [2.05, 4.69) is 24.3 Å². The van der Waals surface area contributed by atoms with Crippen LogP contribution in [-0.2, 0) is 9.57 Å².